The van der Waals surface area contributed by atoms with Gasteiger partial charge < -0.3 is 10.1 Å². The molecule has 0 saturated carbocycles. The van der Waals surface area contributed by atoms with E-state index >= 15 is 0 Å². The van der Waals surface area contributed by atoms with Gasteiger partial charge in [-0.1, -0.05) is 0 Å². The number of likely N-dealkylation sites (tertiary alicyclic amines) is 1. The maximum atomic E-state index is 12.8. The van der Waals surface area contributed by atoms with Crippen molar-refractivity contribution >= 4 is 34.9 Å². The number of anilines is 1. The van der Waals surface area contributed by atoms with E-state index in [9.17, 15) is 19.2 Å². The lowest BCUT2D eigenvalue weighted by molar-refractivity contribution is -0.139. The predicted molar refractivity (Wildman–Crippen MR) is 86.4 cm³/mol. The van der Waals surface area contributed by atoms with Crippen molar-refractivity contribution in [3.05, 3.63) is 29.3 Å². The molecule has 3 aliphatic rings. The van der Waals surface area contributed by atoms with Gasteiger partial charge in [0.15, 0.2) is 5.54 Å². The summed E-state index contributed by atoms with van der Waals surface area (Å²) in [6, 6.07) is 4.99. The summed E-state index contributed by atoms with van der Waals surface area (Å²) in [5, 5.41) is 3.05. The lowest BCUT2D eigenvalue weighted by Gasteiger charge is -2.34. The number of amides is 4. The lowest BCUT2D eigenvalue weighted by Crippen LogP contribution is -2.51. The van der Waals surface area contributed by atoms with Crippen LogP contribution in [0.4, 0.5) is 5.69 Å². The van der Waals surface area contributed by atoms with E-state index in [1.165, 1.54) is 21.2 Å². The van der Waals surface area contributed by atoms with Crippen molar-refractivity contribution in [1.29, 1.82) is 0 Å². The fraction of sp³-hybridized carbons (Fsp3) is 0.294. The Bertz CT molecular complexity index is 919. The third-order valence-electron chi connectivity index (χ3n) is 5.02. The van der Waals surface area contributed by atoms with E-state index < -0.39 is 29.2 Å². The highest BCUT2D eigenvalue weighted by Crippen LogP contribution is 2.48. The highest BCUT2D eigenvalue weighted by Gasteiger charge is 2.61. The summed E-state index contributed by atoms with van der Waals surface area (Å²) in [5.74, 6) is -1.49. The van der Waals surface area contributed by atoms with Gasteiger partial charge in [-0.2, -0.15) is 0 Å². The minimum Gasteiger partial charge on any atom is -0.497 e. The number of imide groups is 2. The summed E-state index contributed by atoms with van der Waals surface area (Å²) in [4.78, 5) is 52.3. The Kier molecular flexibility index (Phi) is 2.88. The fourth-order valence-electron chi connectivity index (χ4n) is 3.66. The smallest absolute Gasteiger partial charge is 0.261 e. The summed E-state index contributed by atoms with van der Waals surface area (Å²) in [6.07, 6.45) is -0.209. The second kappa shape index (κ2) is 4.69. The van der Waals surface area contributed by atoms with Gasteiger partial charge in [0.25, 0.3) is 17.7 Å². The summed E-state index contributed by atoms with van der Waals surface area (Å²) < 4.78 is 5.20. The maximum Gasteiger partial charge on any atom is 0.261 e. The van der Waals surface area contributed by atoms with Crippen LogP contribution < -0.4 is 10.1 Å². The Balaban J connectivity index is 2.03. The molecule has 4 rings (SSSR count). The first-order valence-corrected chi connectivity index (χ1v) is 7.66. The van der Waals surface area contributed by atoms with Crippen LogP contribution >= 0.6 is 0 Å². The van der Waals surface area contributed by atoms with Crippen molar-refractivity contribution in [2.24, 2.45) is 0 Å². The van der Waals surface area contributed by atoms with Crippen LogP contribution in [-0.2, 0) is 19.2 Å². The average Bonchev–Trinajstić information content (AvgIpc) is 2.96. The van der Waals surface area contributed by atoms with Gasteiger partial charge in [0, 0.05) is 25.3 Å². The van der Waals surface area contributed by atoms with Gasteiger partial charge in [0.05, 0.1) is 24.7 Å². The standard InChI is InChI=1S/C17H15N3O5/c1-19-11(21)7-17(16(19)24)13-12(14(22)20(2)15(13)23)9-6-8(25-3)4-5-10(9)18-17/h4-6,18H,7H2,1-3H3. The Morgan fingerprint density at radius 3 is 2.40 bits per heavy atom. The largest absolute Gasteiger partial charge is 0.497 e. The third kappa shape index (κ3) is 1.71. The Morgan fingerprint density at radius 1 is 1.08 bits per heavy atom. The number of likely N-dealkylation sites (N-methyl/N-ethyl adjacent to an activating group) is 2. The highest BCUT2D eigenvalue weighted by atomic mass is 16.5. The zero-order valence-corrected chi connectivity index (χ0v) is 13.9. The van der Waals surface area contributed by atoms with E-state index in [1.54, 1.807) is 18.2 Å². The van der Waals surface area contributed by atoms with Gasteiger partial charge in [-0.15, -0.1) is 0 Å². The molecule has 1 aromatic rings. The Hall–Kier alpha value is -3.16. The molecule has 1 fully saturated rings. The zero-order valence-electron chi connectivity index (χ0n) is 13.9. The van der Waals surface area contributed by atoms with Crippen LogP contribution in [0.1, 0.15) is 12.0 Å². The molecule has 25 heavy (non-hydrogen) atoms. The molecule has 3 aliphatic heterocycles. The molecule has 4 amide bonds. The third-order valence-corrected chi connectivity index (χ3v) is 5.02. The van der Waals surface area contributed by atoms with E-state index in [4.69, 9.17) is 4.74 Å². The number of hydrogen-bond acceptors (Lipinski definition) is 6. The van der Waals surface area contributed by atoms with Crippen LogP contribution in [0.2, 0.25) is 0 Å². The number of hydrogen-bond donors (Lipinski definition) is 1. The molecule has 128 valence electrons. The fourth-order valence-corrected chi connectivity index (χ4v) is 3.66. The van der Waals surface area contributed by atoms with Crippen molar-refractivity contribution in [3.63, 3.8) is 0 Å². The molecule has 1 spiro atoms. The number of carbonyl (C=O) groups excluding carboxylic acids is 4. The maximum absolute atomic E-state index is 12.8. The number of benzene rings is 1. The molecule has 8 heteroatoms. The van der Waals surface area contributed by atoms with Crippen LogP contribution in [0, 0.1) is 0 Å². The van der Waals surface area contributed by atoms with Crippen LogP contribution in [0.3, 0.4) is 0 Å². The van der Waals surface area contributed by atoms with Gasteiger partial charge in [0.2, 0.25) is 5.91 Å². The average molecular weight is 341 g/mol. The lowest BCUT2D eigenvalue weighted by atomic mass is 9.79. The van der Waals surface area contributed by atoms with E-state index in [2.05, 4.69) is 5.32 Å². The van der Waals surface area contributed by atoms with E-state index in [0.717, 1.165) is 9.80 Å². The van der Waals surface area contributed by atoms with Crippen molar-refractivity contribution in [2.45, 2.75) is 12.0 Å². The van der Waals surface area contributed by atoms with Crippen molar-refractivity contribution in [2.75, 3.05) is 26.5 Å². The highest BCUT2D eigenvalue weighted by molar-refractivity contribution is 6.40. The number of nitrogens with one attached hydrogen (secondary N) is 1. The van der Waals surface area contributed by atoms with E-state index in [0.29, 0.717) is 17.0 Å². The number of fused-ring (bicyclic) bond motifs is 3. The number of rotatable bonds is 1. The van der Waals surface area contributed by atoms with Crippen molar-refractivity contribution in [1.82, 2.24) is 9.80 Å². The van der Waals surface area contributed by atoms with Gasteiger partial charge in [-0.25, -0.2) is 0 Å². The van der Waals surface area contributed by atoms with E-state index in [1.807, 2.05) is 0 Å². The quantitative estimate of drug-likeness (QED) is 0.723. The molecule has 1 N–H and O–H groups in total. The number of ether oxygens (including phenoxy) is 1. The first kappa shape index (κ1) is 15.4. The molecule has 8 nitrogen and oxygen atoms in total. The number of nitrogens with zero attached hydrogens (tertiary/aromatic N) is 2. The molecule has 0 aromatic heterocycles. The Morgan fingerprint density at radius 2 is 1.80 bits per heavy atom. The monoisotopic (exact) mass is 341 g/mol. The second-order valence-corrected chi connectivity index (χ2v) is 6.30. The second-order valence-electron chi connectivity index (χ2n) is 6.30. The zero-order chi connectivity index (χ0) is 18.1. The molecule has 1 atom stereocenters. The predicted octanol–water partition coefficient (Wildman–Crippen LogP) is 0.000400. The summed E-state index contributed by atoms with van der Waals surface area (Å²) in [6.45, 7) is 0. The summed E-state index contributed by atoms with van der Waals surface area (Å²) >= 11 is 0. The normalized spacial score (nSPS) is 24.9. The molecular weight excluding hydrogens is 326 g/mol. The molecule has 1 aromatic carbocycles. The molecule has 1 saturated heterocycles. The number of methoxy groups -OCH3 is 1. The van der Waals surface area contributed by atoms with Crippen LogP contribution in [0.25, 0.3) is 5.57 Å². The van der Waals surface area contributed by atoms with Gasteiger partial charge >= 0.3 is 0 Å². The van der Waals surface area contributed by atoms with Crippen LogP contribution in [-0.4, -0.2) is 60.2 Å². The minimum absolute atomic E-state index is 0.0310. The van der Waals surface area contributed by atoms with Crippen molar-refractivity contribution < 1.29 is 23.9 Å². The molecular formula is C17H15N3O5. The summed E-state index contributed by atoms with van der Waals surface area (Å²) in [7, 11) is 4.23. The molecule has 3 heterocycles. The topological polar surface area (TPSA) is 96.0 Å². The van der Waals surface area contributed by atoms with E-state index in [-0.39, 0.29) is 17.6 Å². The van der Waals surface area contributed by atoms with Gasteiger partial charge in [-0.05, 0) is 18.2 Å². The Labute approximate surface area is 143 Å². The summed E-state index contributed by atoms with van der Waals surface area (Å²) in [5.41, 5.74) is -0.370. The van der Waals surface area contributed by atoms with Gasteiger partial charge in [0.1, 0.15) is 5.75 Å². The molecule has 0 bridgehead atoms. The van der Waals surface area contributed by atoms with Crippen molar-refractivity contribution in [3.8, 4) is 5.75 Å². The first-order chi connectivity index (χ1) is 11.8. The molecule has 1 unspecified atom stereocenters. The molecule has 0 radical (unpaired) electrons. The minimum atomic E-state index is -1.54. The first-order valence-electron chi connectivity index (χ1n) is 7.66. The molecule has 0 aliphatic carbocycles. The van der Waals surface area contributed by atoms with Crippen LogP contribution in [0.5, 0.6) is 5.75 Å². The SMILES string of the molecule is COc1ccc2c(c1)C1=C(C(=O)N(C)C1=O)C1(CC(=O)N(C)C1=O)N2. The van der Waals surface area contributed by atoms with Crippen LogP contribution in [0.15, 0.2) is 23.8 Å². The van der Waals surface area contributed by atoms with Gasteiger partial charge in [-0.3, -0.25) is 29.0 Å². The number of carbonyl (C=O) groups is 4.